The van der Waals surface area contributed by atoms with E-state index in [0.717, 1.165) is 31.4 Å². The van der Waals surface area contributed by atoms with Crippen LogP contribution in [0.25, 0.3) is 0 Å². The third-order valence-electron chi connectivity index (χ3n) is 4.77. The van der Waals surface area contributed by atoms with Gasteiger partial charge in [-0.15, -0.1) is 0 Å². The molecule has 3 rings (SSSR count). The number of ether oxygens (including phenoxy) is 3. The molecule has 2 atom stereocenters. The van der Waals surface area contributed by atoms with Gasteiger partial charge in [0.2, 0.25) is 0 Å². The van der Waals surface area contributed by atoms with Gasteiger partial charge in [0.05, 0.1) is 24.9 Å². The summed E-state index contributed by atoms with van der Waals surface area (Å²) in [6.07, 6.45) is 6.87. The molecular formula is C20H27NO4. The van der Waals surface area contributed by atoms with E-state index in [1.165, 1.54) is 0 Å². The van der Waals surface area contributed by atoms with Crippen LogP contribution >= 0.6 is 0 Å². The van der Waals surface area contributed by atoms with Crippen molar-refractivity contribution in [2.75, 3.05) is 26.4 Å². The molecule has 0 saturated carbocycles. The Morgan fingerprint density at radius 1 is 1.36 bits per heavy atom. The summed E-state index contributed by atoms with van der Waals surface area (Å²) in [6.45, 7) is 4.86. The van der Waals surface area contributed by atoms with Crippen molar-refractivity contribution >= 4 is 6.09 Å². The predicted octanol–water partition coefficient (Wildman–Crippen LogP) is 3.54. The number of rotatable bonds is 5. The van der Waals surface area contributed by atoms with Gasteiger partial charge in [-0.25, -0.2) is 4.79 Å². The Hall–Kier alpha value is -1.85. The molecule has 0 aliphatic carbocycles. The first-order valence-corrected chi connectivity index (χ1v) is 9.03. The molecular weight excluding hydrogens is 318 g/mol. The lowest BCUT2D eigenvalue weighted by molar-refractivity contribution is -0.0752. The molecule has 1 aromatic carbocycles. The lowest BCUT2D eigenvalue weighted by Gasteiger charge is -2.41. The zero-order valence-electron chi connectivity index (χ0n) is 14.9. The molecule has 1 amide bonds. The second-order valence-corrected chi connectivity index (χ2v) is 6.89. The summed E-state index contributed by atoms with van der Waals surface area (Å²) in [5.41, 5.74) is 0.504. The first-order chi connectivity index (χ1) is 12.2. The summed E-state index contributed by atoms with van der Waals surface area (Å²) in [4.78, 5) is 14.4. The molecule has 0 bridgehead atoms. The van der Waals surface area contributed by atoms with Gasteiger partial charge < -0.3 is 14.2 Å². The van der Waals surface area contributed by atoms with Gasteiger partial charge in [-0.3, -0.25) is 4.90 Å². The van der Waals surface area contributed by atoms with Gasteiger partial charge >= 0.3 is 6.09 Å². The number of benzene rings is 1. The van der Waals surface area contributed by atoms with Gasteiger partial charge in [0.15, 0.2) is 0 Å². The van der Waals surface area contributed by atoms with Gasteiger partial charge in [-0.1, -0.05) is 42.5 Å². The van der Waals surface area contributed by atoms with E-state index in [2.05, 4.69) is 12.2 Å². The second kappa shape index (κ2) is 8.50. The van der Waals surface area contributed by atoms with E-state index in [0.29, 0.717) is 19.8 Å². The SMILES string of the molecule is CC1(COC2CCCOC2)C=CCCN1C(=O)OCc1ccccc1. The maximum absolute atomic E-state index is 12.6. The fraction of sp³-hybridized carbons (Fsp3) is 0.550. The van der Waals surface area contributed by atoms with Crippen LogP contribution in [0.1, 0.15) is 31.7 Å². The van der Waals surface area contributed by atoms with Crippen molar-refractivity contribution in [1.82, 2.24) is 4.90 Å². The molecule has 2 aliphatic heterocycles. The van der Waals surface area contributed by atoms with E-state index in [1.54, 1.807) is 4.90 Å². The summed E-state index contributed by atoms with van der Waals surface area (Å²) < 4.78 is 17.0. The fourth-order valence-electron chi connectivity index (χ4n) is 3.24. The van der Waals surface area contributed by atoms with Crippen LogP contribution < -0.4 is 0 Å². The molecule has 2 heterocycles. The molecule has 1 saturated heterocycles. The molecule has 136 valence electrons. The van der Waals surface area contributed by atoms with E-state index in [1.807, 2.05) is 37.3 Å². The Kier molecular flexibility index (Phi) is 6.10. The molecule has 2 unspecified atom stereocenters. The average Bonchev–Trinajstić information content (AvgIpc) is 2.67. The number of amides is 1. The molecule has 1 aromatic rings. The summed E-state index contributed by atoms with van der Waals surface area (Å²) in [5.74, 6) is 0. The van der Waals surface area contributed by atoms with Crippen molar-refractivity contribution < 1.29 is 19.0 Å². The van der Waals surface area contributed by atoms with Crippen LogP contribution in [0.3, 0.4) is 0 Å². The zero-order chi connectivity index (χ0) is 17.5. The molecule has 0 spiro atoms. The van der Waals surface area contributed by atoms with Crippen LogP contribution in [0.2, 0.25) is 0 Å². The highest BCUT2D eigenvalue weighted by molar-refractivity contribution is 5.69. The third-order valence-corrected chi connectivity index (χ3v) is 4.77. The van der Waals surface area contributed by atoms with Crippen LogP contribution in [0.4, 0.5) is 4.79 Å². The maximum Gasteiger partial charge on any atom is 0.410 e. The Balaban J connectivity index is 1.57. The Morgan fingerprint density at radius 2 is 2.20 bits per heavy atom. The van der Waals surface area contributed by atoms with E-state index < -0.39 is 5.54 Å². The molecule has 2 aliphatic rings. The number of hydrogen-bond acceptors (Lipinski definition) is 4. The van der Waals surface area contributed by atoms with E-state index >= 15 is 0 Å². The highest BCUT2D eigenvalue weighted by Crippen LogP contribution is 2.25. The number of nitrogens with zero attached hydrogens (tertiary/aromatic N) is 1. The Bertz CT molecular complexity index is 583. The summed E-state index contributed by atoms with van der Waals surface area (Å²) >= 11 is 0. The Labute approximate surface area is 149 Å². The lowest BCUT2D eigenvalue weighted by atomic mass is 9.96. The van der Waals surface area contributed by atoms with Gasteiger partial charge in [0.25, 0.3) is 0 Å². The minimum atomic E-state index is -0.483. The number of carbonyl (C=O) groups excluding carboxylic acids is 1. The van der Waals surface area contributed by atoms with Gasteiger partial charge in [0.1, 0.15) is 6.61 Å². The van der Waals surface area contributed by atoms with Crippen molar-refractivity contribution in [2.24, 2.45) is 0 Å². The molecule has 1 fully saturated rings. The van der Waals surface area contributed by atoms with E-state index in [9.17, 15) is 4.79 Å². The summed E-state index contributed by atoms with van der Waals surface area (Å²) in [6, 6.07) is 9.74. The summed E-state index contributed by atoms with van der Waals surface area (Å²) in [5, 5.41) is 0. The van der Waals surface area contributed by atoms with Crippen molar-refractivity contribution in [2.45, 2.75) is 44.4 Å². The third kappa shape index (κ3) is 4.83. The molecule has 25 heavy (non-hydrogen) atoms. The first-order valence-electron chi connectivity index (χ1n) is 9.03. The van der Waals surface area contributed by atoms with Crippen LogP contribution in [0.15, 0.2) is 42.5 Å². The molecule has 5 heteroatoms. The molecule has 0 radical (unpaired) electrons. The average molecular weight is 345 g/mol. The van der Waals surface area contributed by atoms with Crippen LogP contribution in [0, 0.1) is 0 Å². The highest BCUT2D eigenvalue weighted by Gasteiger charge is 2.37. The van der Waals surface area contributed by atoms with Crippen LogP contribution in [-0.4, -0.2) is 49.0 Å². The maximum atomic E-state index is 12.6. The molecule has 0 N–H and O–H groups in total. The van der Waals surface area contributed by atoms with Crippen molar-refractivity contribution in [3.05, 3.63) is 48.0 Å². The smallest absolute Gasteiger partial charge is 0.410 e. The minimum Gasteiger partial charge on any atom is -0.445 e. The van der Waals surface area contributed by atoms with Crippen LogP contribution in [-0.2, 0) is 20.8 Å². The minimum absolute atomic E-state index is 0.114. The fourth-order valence-corrected chi connectivity index (χ4v) is 3.24. The molecule has 0 aromatic heterocycles. The van der Waals surface area contributed by atoms with Gasteiger partial charge in [-0.2, -0.15) is 0 Å². The number of carbonyl (C=O) groups is 1. The largest absolute Gasteiger partial charge is 0.445 e. The number of hydrogen-bond donors (Lipinski definition) is 0. The topological polar surface area (TPSA) is 48.0 Å². The van der Waals surface area contributed by atoms with Crippen molar-refractivity contribution in [1.29, 1.82) is 0 Å². The van der Waals surface area contributed by atoms with Crippen LogP contribution in [0.5, 0.6) is 0 Å². The monoisotopic (exact) mass is 345 g/mol. The van der Waals surface area contributed by atoms with E-state index in [-0.39, 0.29) is 18.8 Å². The van der Waals surface area contributed by atoms with Crippen molar-refractivity contribution in [3.8, 4) is 0 Å². The first kappa shape index (κ1) is 18.0. The predicted molar refractivity (Wildman–Crippen MR) is 95.3 cm³/mol. The summed E-state index contributed by atoms with van der Waals surface area (Å²) in [7, 11) is 0. The molecule has 5 nitrogen and oxygen atoms in total. The quantitative estimate of drug-likeness (QED) is 0.766. The normalized spacial score (nSPS) is 26.4. The van der Waals surface area contributed by atoms with Gasteiger partial charge in [0, 0.05) is 13.2 Å². The second-order valence-electron chi connectivity index (χ2n) is 6.89. The Morgan fingerprint density at radius 3 is 2.96 bits per heavy atom. The zero-order valence-corrected chi connectivity index (χ0v) is 14.9. The standard InChI is InChI=1S/C20H27NO4/c1-20(16-25-18-10-7-13-23-15-18)11-5-6-12-21(20)19(22)24-14-17-8-3-2-4-9-17/h2-5,8-9,11,18H,6-7,10,12-16H2,1H3. The van der Waals surface area contributed by atoms with E-state index in [4.69, 9.17) is 14.2 Å². The lowest BCUT2D eigenvalue weighted by Crippen LogP contribution is -2.54. The van der Waals surface area contributed by atoms with Gasteiger partial charge in [-0.05, 0) is 31.7 Å². The highest BCUT2D eigenvalue weighted by atomic mass is 16.6. The van der Waals surface area contributed by atoms with Crippen molar-refractivity contribution in [3.63, 3.8) is 0 Å².